The minimum Gasteiger partial charge on any atom is -0.497 e. The van der Waals surface area contributed by atoms with Crippen molar-refractivity contribution >= 4 is 5.69 Å². The van der Waals surface area contributed by atoms with E-state index in [-0.39, 0.29) is 0 Å². The lowest BCUT2D eigenvalue weighted by molar-refractivity contribution is 0.242. The van der Waals surface area contributed by atoms with Gasteiger partial charge in [0.15, 0.2) is 0 Å². The second-order valence-corrected chi connectivity index (χ2v) is 5.66. The first-order valence-electron chi connectivity index (χ1n) is 7.54. The van der Waals surface area contributed by atoms with Gasteiger partial charge in [0.05, 0.1) is 7.11 Å². The van der Waals surface area contributed by atoms with Crippen LogP contribution in [0.5, 0.6) is 5.75 Å². The third-order valence-corrected chi connectivity index (χ3v) is 4.13. The maximum absolute atomic E-state index is 5.67. The number of hydrogen-bond donors (Lipinski definition) is 1. The highest BCUT2D eigenvalue weighted by Crippen LogP contribution is 2.22. The van der Waals surface area contributed by atoms with Crippen LogP contribution in [0.3, 0.4) is 0 Å². The summed E-state index contributed by atoms with van der Waals surface area (Å²) < 4.78 is 5.30. The van der Waals surface area contributed by atoms with Crippen molar-refractivity contribution in [2.45, 2.75) is 13.3 Å². The fraction of sp³-hybridized carbons (Fsp3) is 0.625. The van der Waals surface area contributed by atoms with Crippen LogP contribution in [0.1, 0.15) is 13.3 Å². The molecule has 0 amide bonds. The second-order valence-electron chi connectivity index (χ2n) is 5.66. The molecule has 1 aromatic rings. The van der Waals surface area contributed by atoms with Crippen molar-refractivity contribution in [2.24, 2.45) is 11.7 Å². The van der Waals surface area contributed by atoms with E-state index < -0.39 is 0 Å². The Morgan fingerprint density at radius 3 is 2.65 bits per heavy atom. The molecular formula is C16H27N3O. The lowest BCUT2D eigenvalue weighted by Crippen LogP contribution is -2.47. The van der Waals surface area contributed by atoms with Crippen LogP contribution in [0.25, 0.3) is 0 Å². The minimum atomic E-state index is 0.631. The Balaban J connectivity index is 1.81. The van der Waals surface area contributed by atoms with Gasteiger partial charge in [-0.25, -0.2) is 0 Å². The molecule has 112 valence electrons. The molecule has 20 heavy (non-hydrogen) atoms. The molecule has 2 N–H and O–H groups in total. The number of benzene rings is 1. The Morgan fingerprint density at radius 2 is 2.00 bits per heavy atom. The van der Waals surface area contributed by atoms with E-state index in [0.29, 0.717) is 5.92 Å². The summed E-state index contributed by atoms with van der Waals surface area (Å²) in [5.74, 6) is 1.56. The number of nitrogens with zero attached hydrogens (tertiary/aromatic N) is 2. The molecule has 2 rings (SSSR count). The average Bonchev–Trinajstić information content (AvgIpc) is 2.53. The molecule has 1 unspecified atom stereocenters. The van der Waals surface area contributed by atoms with Gasteiger partial charge < -0.3 is 15.4 Å². The fourth-order valence-corrected chi connectivity index (χ4v) is 2.56. The SMILES string of the molecule is COc1cccc(N2CCN(CCC(C)CN)CC2)c1. The van der Waals surface area contributed by atoms with Gasteiger partial charge in [-0.15, -0.1) is 0 Å². The van der Waals surface area contributed by atoms with E-state index in [4.69, 9.17) is 10.5 Å². The quantitative estimate of drug-likeness (QED) is 0.861. The van der Waals surface area contributed by atoms with Gasteiger partial charge in [-0.05, 0) is 37.6 Å². The summed E-state index contributed by atoms with van der Waals surface area (Å²) >= 11 is 0. The maximum Gasteiger partial charge on any atom is 0.120 e. The van der Waals surface area contributed by atoms with Crippen LogP contribution in [0.2, 0.25) is 0 Å². The van der Waals surface area contributed by atoms with E-state index in [1.807, 2.05) is 6.07 Å². The Bertz CT molecular complexity index is 402. The molecule has 0 aromatic heterocycles. The lowest BCUT2D eigenvalue weighted by atomic mass is 10.1. The molecule has 1 atom stereocenters. The smallest absolute Gasteiger partial charge is 0.120 e. The first-order valence-corrected chi connectivity index (χ1v) is 7.54. The summed E-state index contributed by atoms with van der Waals surface area (Å²) in [5.41, 5.74) is 6.94. The molecule has 1 aliphatic rings. The molecule has 1 fully saturated rings. The summed E-state index contributed by atoms with van der Waals surface area (Å²) in [5, 5.41) is 0. The Labute approximate surface area is 122 Å². The predicted octanol–water partition coefficient (Wildman–Crippen LogP) is 1.80. The van der Waals surface area contributed by atoms with Gasteiger partial charge in [-0.3, -0.25) is 4.90 Å². The summed E-state index contributed by atoms with van der Waals surface area (Å²) in [7, 11) is 1.72. The molecule has 1 aromatic carbocycles. The molecule has 4 nitrogen and oxygen atoms in total. The van der Waals surface area contributed by atoms with Crippen molar-refractivity contribution in [1.29, 1.82) is 0 Å². The van der Waals surface area contributed by atoms with Crippen LogP contribution in [0.4, 0.5) is 5.69 Å². The predicted molar refractivity (Wildman–Crippen MR) is 84.5 cm³/mol. The minimum absolute atomic E-state index is 0.631. The van der Waals surface area contributed by atoms with Gasteiger partial charge in [-0.1, -0.05) is 13.0 Å². The van der Waals surface area contributed by atoms with Crippen LogP contribution in [0, 0.1) is 5.92 Å². The Hall–Kier alpha value is -1.26. The summed E-state index contributed by atoms with van der Waals surface area (Å²) in [6.07, 6.45) is 1.20. The van der Waals surface area contributed by atoms with Gasteiger partial charge in [0.2, 0.25) is 0 Å². The zero-order chi connectivity index (χ0) is 14.4. The zero-order valence-corrected chi connectivity index (χ0v) is 12.7. The molecule has 1 heterocycles. The molecule has 0 spiro atoms. The monoisotopic (exact) mass is 277 g/mol. The number of piperazine rings is 1. The van der Waals surface area contributed by atoms with Crippen molar-refractivity contribution < 1.29 is 4.74 Å². The fourth-order valence-electron chi connectivity index (χ4n) is 2.56. The van der Waals surface area contributed by atoms with E-state index in [1.54, 1.807) is 7.11 Å². The van der Waals surface area contributed by atoms with Crippen LogP contribution in [-0.2, 0) is 0 Å². The van der Waals surface area contributed by atoms with Crippen LogP contribution >= 0.6 is 0 Å². The third-order valence-electron chi connectivity index (χ3n) is 4.13. The zero-order valence-electron chi connectivity index (χ0n) is 12.7. The van der Waals surface area contributed by atoms with Crippen LogP contribution in [-0.4, -0.2) is 51.3 Å². The van der Waals surface area contributed by atoms with E-state index in [0.717, 1.165) is 38.5 Å². The van der Waals surface area contributed by atoms with Gasteiger partial charge in [0.25, 0.3) is 0 Å². The van der Waals surface area contributed by atoms with E-state index in [9.17, 15) is 0 Å². The number of hydrogen-bond acceptors (Lipinski definition) is 4. The van der Waals surface area contributed by atoms with E-state index in [1.165, 1.54) is 18.7 Å². The molecule has 1 aliphatic heterocycles. The molecule has 0 bridgehead atoms. The highest BCUT2D eigenvalue weighted by molar-refractivity contribution is 5.51. The summed E-state index contributed by atoms with van der Waals surface area (Å²) in [6, 6.07) is 8.33. The van der Waals surface area contributed by atoms with Crippen molar-refractivity contribution in [3.63, 3.8) is 0 Å². The molecule has 0 radical (unpaired) electrons. The van der Waals surface area contributed by atoms with Crippen molar-refractivity contribution in [3.8, 4) is 5.75 Å². The molecule has 4 heteroatoms. The maximum atomic E-state index is 5.67. The Kier molecular flexibility index (Phi) is 5.68. The first-order chi connectivity index (χ1) is 9.72. The number of anilines is 1. The van der Waals surface area contributed by atoms with Gasteiger partial charge >= 0.3 is 0 Å². The van der Waals surface area contributed by atoms with Crippen molar-refractivity contribution in [1.82, 2.24) is 4.90 Å². The molecule has 1 saturated heterocycles. The topological polar surface area (TPSA) is 41.7 Å². The summed E-state index contributed by atoms with van der Waals surface area (Å²) in [4.78, 5) is 4.98. The van der Waals surface area contributed by atoms with E-state index in [2.05, 4.69) is 34.9 Å². The number of rotatable bonds is 6. The Morgan fingerprint density at radius 1 is 1.25 bits per heavy atom. The van der Waals surface area contributed by atoms with Crippen LogP contribution in [0.15, 0.2) is 24.3 Å². The largest absolute Gasteiger partial charge is 0.497 e. The lowest BCUT2D eigenvalue weighted by Gasteiger charge is -2.36. The second kappa shape index (κ2) is 7.50. The third kappa shape index (κ3) is 4.12. The average molecular weight is 277 g/mol. The highest BCUT2D eigenvalue weighted by atomic mass is 16.5. The number of ether oxygens (including phenoxy) is 1. The summed E-state index contributed by atoms with van der Waals surface area (Å²) in [6.45, 7) is 8.64. The number of methoxy groups -OCH3 is 1. The number of nitrogens with two attached hydrogens (primary N) is 1. The van der Waals surface area contributed by atoms with Crippen molar-refractivity contribution in [3.05, 3.63) is 24.3 Å². The molecule has 0 saturated carbocycles. The van der Waals surface area contributed by atoms with Crippen molar-refractivity contribution in [2.75, 3.05) is 51.3 Å². The standard InChI is InChI=1S/C16H27N3O/c1-14(13-17)6-7-18-8-10-19(11-9-18)15-4-3-5-16(12-15)20-2/h3-5,12,14H,6-11,13,17H2,1-2H3. The van der Waals surface area contributed by atoms with E-state index >= 15 is 0 Å². The molecule has 0 aliphatic carbocycles. The highest BCUT2D eigenvalue weighted by Gasteiger charge is 2.17. The van der Waals surface area contributed by atoms with Gasteiger partial charge in [-0.2, -0.15) is 0 Å². The first kappa shape index (κ1) is 15.1. The molecular weight excluding hydrogens is 250 g/mol. The normalized spacial score (nSPS) is 18.1. The van der Waals surface area contributed by atoms with Gasteiger partial charge in [0.1, 0.15) is 5.75 Å². The van der Waals surface area contributed by atoms with Gasteiger partial charge in [0, 0.05) is 37.9 Å². The van der Waals surface area contributed by atoms with Crippen LogP contribution < -0.4 is 15.4 Å².